The van der Waals surface area contributed by atoms with E-state index in [0.717, 1.165) is 19.5 Å². The van der Waals surface area contributed by atoms with Crippen LogP contribution in [-0.4, -0.2) is 62.4 Å². The van der Waals surface area contributed by atoms with Gasteiger partial charge in [0.1, 0.15) is 6.61 Å². The van der Waals surface area contributed by atoms with E-state index in [1.54, 1.807) is 23.9 Å². The van der Waals surface area contributed by atoms with Crippen molar-refractivity contribution in [2.24, 2.45) is 0 Å². The number of cyclic esters (lactones) is 2. The molecule has 0 unspecified atom stereocenters. The summed E-state index contributed by atoms with van der Waals surface area (Å²) in [7, 11) is 3.46. The maximum absolute atomic E-state index is 10.5. The average Bonchev–Trinajstić information content (AvgIpc) is 2.57. The van der Waals surface area contributed by atoms with Crippen molar-refractivity contribution >= 4 is 12.2 Å². The largest absolute Gasteiger partial charge is 0.449 e. The fraction of sp³-hybridized carbons (Fsp3) is 0.800. The number of nitrogens with zero attached hydrogens (tertiary/aromatic N) is 2. The number of ether oxygens (including phenoxy) is 2. The quantitative estimate of drug-likeness (QED) is 0.629. The number of carbonyl (C=O) groups excluding carboxylic acids is 2. The van der Waals surface area contributed by atoms with Crippen molar-refractivity contribution in [3.05, 3.63) is 0 Å². The van der Waals surface area contributed by atoms with Crippen LogP contribution >= 0.6 is 0 Å². The van der Waals surface area contributed by atoms with Crippen LogP contribution in [0, 0.1) is 0 Å². The maximum atomic E-state index is 10.5. The standard InChI is InChI=1S/C5H9NO2.C4H7NO2.CH4/c1-6-3-2-4-8-5(6)7;1-5-2-3-7-4(5)6;/h2-4H2,1H3;2-3H2,1H3;1H4. The molecule has 2 aliphatic heterocycles. The van der Waals surface area contributed by atoms with E-state index in [1.165, 1.54) is 0 Å². The fourth-order valence-corrected chi connectivity index (χ4v) is 1.13. The van der Waals surface area contributed by atoms with Crippen molar-refractivity contribution in [3.63, 3.8) is 0 Å². The molecule has 0 bridgehead atoms. The van der Waals surface area contributed by atoms with E-state index < -0.39 is 0 Å². The average molecular weight is 232 g/mol. The van der Waals surface area contributed by atoms with Gasteiger partial charge >= 0.3 is 12.2 Å². The molecule has 2 fully saturated rings. The Morgan fingerprint density at radius 2 is 1.44 bits per heavy atom. The predicted molar refractivity (Wildman–Crippen MR) is 59.3 cm³/mol. The first-order chi connectivity index (χ1) is 7.11. The molecule has 16 heavy (non-hydrogen) atoms. The first-order valence-corrected chi connectivity index (χ1v) is 4.87. The molecule has 0 atom stereocenters. The highest BCUT2D eigenvalue weighted by atomic mass is 16.6. The summed E-state index contributed by atoms with van der Waals surface area (Å²) >= 11 is 0. The Morgan fingerprint density at radius 3 is 1.69 bits per heavy atom. The zero-order valence-electron chi connectivity index (χ0n) is 9.06. The summed E-state index contributed by atoms with van der Waals surface area (Å²) in [6.07, 6.45) is 0.554. The highest BCUT2D eigenvalue weighted by Gasteiger charge is 2.15. The van der Waals surface area contributed by atoms with E-state index >= 15 is 0 Å². The van der Waals surface area contributed by atoms with Crippen LogP contribution in [0.15, 0.2) is 0 Å². The molecule has 0 saturated carbocycles. The third-order valence-electron chi connectivity index (χ3n) is 2.14. The van der Waals surface area contributed by atoms with Gasteiger partial charge in [-0.25, -0.2) is 9.59 Å². The van der Waals surface area contributed by atoms with Gasteiger partial charge in [0.15, 0.2) is 0 Å². The molecule has 6 heteroatoms. The Bertz CT molecular complexity index is 245. The summed E-state index contributed by atoms with van der Waals surface area (Å²) < 4.78 is 9.23. The van der Waals surface area contributed by atoms with Gasteiger partial charge in [-0.15, -0.1) is 0 Å². The topological polar surface area (TPSA) is 59.1 Å². The molecule has 0 aromatic rings. The van der Waals surface area contributed by atoms with Crippen LogP contribution in [0.2, 0.25) is 0 Å². The van der Waals surface area contributed by atoms with E-state index in [1.807, 2.05) is 0 Å². The molecule has 0 aromatic heterocycles. The van der Waals surface area contributed by atoms with Gasteiger partial charge < -0.3 is 19.3 Å². The van der Waals surface area contributed by atoms with Gasteiger partial charge in [0, 0.05) is 20.6 Å². The predicted octanol–water partition coefficient (Wildman–Crippen LogP) is 1.16. The zero-order chi connectivity index (χ0) is 11.3. The lowest BCUT2D eigenvalue weighted by atomic mass is 10.4. The van der Waals surface area contributed by atoms with Gasteiger partial charge in [-0.2, -0.15) is 0 Å². The Labute approximate surface area is 96.1 Å². The smallest absolute Gasteiger partial charge is 0.409 e. The minimum atomic E-state index is -0.208. The molecular formula is C10H20N2O4. The summed E-state index contributed by atoms with van der Waals surface area (Å²) in [4.78, 5) is 23.9. The fourth-order valence-electron chi connectivity index (χ4n) is 1.13. The van der Waals surface area contributed by atoms with Crippen molar-refractivity contribution < 1.29 is 19.1 Å². The van der Waals surface area contributed by atoms with Gasteiger partial charge in [0.25, 0.3) is 0 Å². The summed E-state index contributed by atoms with van der Waals surface area (Å²) in [5.41, 5.74) is 0. The number of likely N-dealkylation sites (N-methyl/N-ethyl adjacent to an activating group) is 1. The van der Waals surface area contributed by atoms with Crippen molar-refractivity contribution in [3.8, 4) is 0 Å². The Hall–Kier alpha value is -1.46. The van der Waals surface area contributed by atoms with Crippen LogP contribution in [0.4, 0.5) is 9.59 Å². The van der Waals surface area contributed by atoms with Crippen molar-refractivity contribution in [2.45, 2.75) is 13.8 Å². The Morgan fingerprint density at radius 1 is 0.938 bits per heavy atom. The first-order valence-electron chi connectivity index (χ1n) is 4.87. The Balaban J connectivity index is 0.000000267. The number of amides is 2. The highest BCUT2D eigenvalue weighted by molar-refractivity contribution is 5.68. The molecular weight excluding hydrogens is 212 g/mol. The summed E-state index contributed by atoms with van der Waals surface area (Å²) in [6, 6.07) is 0. The maximum Gasteiger partial charge on any atom is 0.409 e. The second-order valence-electron chi connectivity index (χ2n) is 3.43. The molecule has 2 aliphatic rings. The minimum Gasteiger partial charge on any atom is -0.449 e. The molecule has 2 heterocycles. The van der Waals surface area contributed by atoms with Crippen LogP contribution in [-0.2, 0) is 9.47 Å². The number of carbonyl (C=O) groups is 2. The van der Waals surface area contributed by atoms with Gasteiger partial charge in [-0.1, -0.05) is 7.43 Å². The lowest BCUT2D eigenvalue weighted by Crippen LogP contribution is -2.33. The molecule has 0 aromatic carbocycles. The van der Waals surface area contributed by atoms with Crippen LogP contribution in [0.1, 0.15) is 13.8 Å². The van der Waals surface area contributed by atoms with E-state index in [4.69, 9.17) is 0 Å². The number of hydrogen-bond donors (Lipinski definition) is 0. The van der Waals surface area contributed by atoms with Gasteiger partial charge in [-0.05, 0) is 6.42 Å². The minimum absolute atomic E-state index is 0. The first kappa shape index (κ1) is 14.5. The van der Waals surface area contributed by atoms with E-state index in [9.17, 15) is 9.59 Å². The lowest BCUT2D eigenvalue weighted by molar-refractivity contribution is 0.0831. The van der Waals surface area contributed by atoms with Crippen molar-refractivity contribution in [1.29, 1.82) is 0 Å². The summed E-state index contributed by atoms with van der Waals surface area (Å²) in [5, 5.41) is 0. The molecule has 6 nitrogen and oxygen atoms in total. The monoisotopic (exact) mass is 232 g/mol. The number of rotatable bonds is 0. The molecule has 94 valence electrons. The van der Waals surface area contributed by atoms with Crippen molar-refractivity contribution in [2.75, 3.05) is 40.4 Å². The summed E-state index contributed by atoms with van der Waals surface area (Å²) in [5.74, 6) is 0. The molecule has 0 radical (unpaired) electrons. The third-order valence-corrected chi connectivity index (χ3v) is 2.14. The van der Waals surface area contributed by atoms with Crippen LogP contribution in [0.5, 0.6) is 0 Å². The van der Waals surface area contributed by atoms with Gasteiger partial charge in [-0.3, -0.25) is 0 Å². The second kappa shape index (κ2) is 6.92. The molecule has 2 rings (SSSR count). The number of hydrogen-bond acceptors (Lipinski definition) is 4. The van der Waals surface area contributed by atoms with Crippen LogP contribution in [0.25, 0.3) is 0 Å². The van der Waals surface area contributed by atoms with E-state index in [0.29, 0.717) is 13.2 Å². The van der Waals surface area contributed by atoms with E-state index in [-0.39, 0.29) is 19.6 Å². The van der Waals surface area contributed by atoms with Crippen LogP contribution in [0.3, 0.4) is 0 Å². The molecule has 0 N–H and O–H groups in total. The molecule has 2 saturated heterocycles. The highest BCUT2D eigenvalue weighted by Crippen LogP contribution is 1.99. The van der Waals surface area contributed by atoms with Crippen LogP contribution < -0.4 is 0 Å². The SMILES string of the molecule is C.CN1CCCOC1=O.CN1CCOC1=O. The van der Waals surface area contributed by atoms with Crippen molar-refractivity contribution in [1.82, 2.24) is 9.80 Å². The molecule has 0 aliphatic carbocycles. The zero-order valence-corrected chi connectivity index (χ0v) is 9.06. The Kier molecular flexibility index (Phi) is 6.29. The van der Waals surface area contributed by atoms with Gasteiger partial charge in [0.2, 0.25) is 0 Å². The van der Waals surface area contributed by atoms with Gasteiger partial charge in [0.05, 0.1) is 13.2 Å². The summed E-state index contributed by atoms with van der Waals surface area (Å²) in [6.45, 7) is 2.70. The second-order valence-corrected chi connectivity index (χ2v) is 3.43. The molecule has 0 spiro atoms. The normalized spacial score (nSPS) is 19.1. The third kappa shape index (κ3) is 4.37. The lowest BCUT2D eigenvalue weighted by Gasteiger charge is -2.21. The van der Waals surface area contributed by atoms with E-state index in [2.05, 4.69) is 9.47 Å². The molecule has 2 amide bonds.